The molecule has 2 aromatic carbocycles. The second-order valence-electron chi connectivity index (χ2n) is 14.0. The van der Waals surface area contributed by atoms with Crippen LogP contribution in [0.3, 0.4) is 0 Å². The lowest BCUT2D eigenvalue weighted by molar-refractivity contribution is -0.764. The van der Waals surface area contributed by atoms with Gasteiger partial charge in [-0.2, -0.15) is 4.57 Å². The van der Waals surface area contributed by atoms with Gasteiger partial charge in [-0.3, -0.25) is 0 Å². The van der Waals surface area contributed by atoms with Crippen LogP contribution in [0.25, 0.3) is 22.0 Å². The molecule has 0 bridgehead atoms. The molecule has 2 heterocycles. The van der Waals surface area contributed by atoms with Gasteiger partial charge in [0.25, 0.3) is 0 Å². The highest BCUT2D eigenvalue weighted by molar-refractivity contribution is 5.87. The van der Waals surface area contributed by atoms with Gasteiger partial charge in [0.2, 0.25) is 5.69 Å². The van der Waals surface area contributed by atoms with Crippen LogP contribution in [0.2, 0.25) is 0 Å². The van der Waals surface area contributed by atoms with E-state index in [0.29, 0.717) is 0 Å². The first-order valence-electron chi connectivity index (χ1n) is 15.0. The fourth-order valence-corrected chi connectivity index (χ4v) is 8.55. The molecule has 198 valence electrons. The molecule has 3 aromatic rings. The van der Waals surface area contributed by atoms with E-state index in [0.717, 1.165) is 12.8 Å². The summed E-state index contributed by atoms with van der Waals surface area (Å²) in [5, 5.41) is 2.78. The minimum absolute atomic E-state index is 0.0160. The maximum Gasteiger partial charge on any atom is 0.213 e. The van der Waals surface area contributed by atoms with Gasteiger partial charge >= 0.3 is 0 Å². The van der Waals surface area contributed by atoms with E-state index in [9.17, 15) is 0 Å². The highest BCUT2D eigenvalue weighted by Crippen LogP contribution is 2.64. The monoisotopic (exact) mass is 496 g/mol. The summed E-state index contributed by atoms with van der Waals surface area (Å²) in [7, 11) is 0. The van der Waals surface area contributed by atoms with Crippen molar-refractivity contribution in [2.24, 2.45) is 5.41 Å². The molecule has 0 saturated carbocycles. The van der Waals surface area contributed by atoms with E-state index in [2.05, 4.69) is 122 Å². The first-order valence-corrected chi connectivity index (χ1v) is 15.0. The third-order valence-electron chi connectivity index (χ3n) is 12.3. The molecule has 0 amide bonds. The van der Waals surface area contributed by atoms with Crippen molar-refractivity contribution in [1.82, 2.24) is 0 Å². The number of aromatic nitrogens is 1. The van der Waals surface area contributed by atoms with Gasteiger partial charge in [0.15, 0.2) is 11.7 Å². The average Bonchev–Trinajstić information content (AvgIpc) is 3.00. The molecule has 1 aliphatic carbocycles. The SMILES string of the molecule is CCCCCC1(C)C(C)(C)c2cc3cc4[n+](cc3cc2C1(C)C)C(C)(CC)C(C)(CC)c1ccccc1-4. The summed E-state index contributed by atoms with van der Waals surface area (Å²) < 4.78 is 2.65. The van der Waals surface area contributed by atoms with E-state index < -0.39 is 0 Å². The minimum atomic E-state index is 0.0160. The molecule has 3 unspecified atom stereocenters. The Labute approximate surface area is 226 Å². The number of benzene rings is 2. The zero-order chi connectivity index (χ0) is 27.0. The second-order valence-corrected chi connectivity index (χ2v) is 14.0. The normalized spacial score (nSPS) is 29.1. The summed E-state index contributed by atoms with van der Waals surface area (Å²) in [6, 6.07) is 16.8. The number of rotatable bonds is 6. The molecule has 2 aliphatic rings. The standard InChI is InChI=1S/C36H50N/c1-11-14-17-20-35(9)32(4,5)29-21-25-23-31-27-18-15-16-19-28(27)34(8,12-2)36(10,13-3)37(31)24-26(25)22-30(29)33(35,6)7/h15-16,18-19,21-24H,11-14,17,20H2,1-10H3/q+1. The van der Waals surface area contributed by atoms with E-state index >= 15 is 0 Å². The smallest absolute Gasteiger partial charge is 0.192 e. The van der Waals surface area contributed by atoms with Crippen molar-refractivity contribution in [3.63, 3.8) is 0 Å². The van der Waals surface area contributed by atoms with Crippen LogP contribution in [0.5, 0.6) is 0 Å². The van der Waals surface area contributed by atoms with Crippen LogP contribution in [-0.4, -0.2) is 0 Å². The first kappa shape index (κ1) is 26.5. The summed E-state index contributed by atoms with van der Waals surface area (Å²) in [6.45, 7) is 24.7. The second kappa shape index (κ2) is 8.42. The summed E-state index contributed by atoms with van der Waals surface area (Å²) in [5.41, 5.74) is 8.01. The van der Waals surface area contributed by atoms with Crippen molar-refractivity contribution in [2.45, 2.75) is 130 Å². The number of hydrogen-bond acceptors (Lipinski definition) is 0. The molecule has 1 aliphatic heterocycles. The zero-order valence-electron chi connectivity index (χ0n) is 25.3. The Kier molecular flexibility index (Phi) is 6.02. The van der Waals surface area contributed by atoms with Crippen molar-refractivity contribution in [2.75, 3.05) is 0 Å². The topological polar surface area (TPSA) is 3.88 Å². The predicted molar refractivity (Wildman–Crippen MR) is 159 cm³/mol. The molecule has 5 rings (SSSR count). The predicted octanol–water partition coefficient (Wildman–Crippen LogP) is 9.76. The summed E-state index contributed by atoms with van der Waals surface area (Å²) in [6.07, 6.45) is 9.95. The van der Waals surface area contributed by atoms with Crippen LogP contribution in [0.4, 0.5) is 0 Å². The summed E-state index contributed by atoms with van der Waals surface area (Å²) >= 11 is 0. The Morgan fingerprint density at radius 3 is 1.89 bits per heavy atom. The quantitative estimate of drug-likeness (QED) is 0.236. The lowest BCUT2D eigenvalue weighted by Crippen LogP contribution is -2.67. The van der Waals surface area contributed by atoms with Crippen LogP contribution >= 0.6 is 0 Å². The molecule has 0 radical (unpaired) electrons. The zero-order valence-corrected chi connectivity index (χ0v) is 25.3. The molecule has 0 saturated heterocycles. The Balaban J connectivity index is 1.78. The van der Waals surface area contributed by atoms with Crippen LogP contribution in [0, 0.1) is 5.41 Å². The molecule has 37 heavy (non-hydrogen) atoms. The van der Waals surface area contributed by atoms with Gasteiger partial charge < -0.3 is 0 Å². The van der Waals surface area contributed by atoms with E-state index in [1.165, 1.54) is 53.3 Å². The van der Waals surface area contributed by atoms with Gasteiger partial charge in [-0.25, -0.2) is 0 Å². The van der Waals surface area contributed by atoms with E-state index in [4.69, 9.17) is 0 Å². The molecular formula is C36H50N+. The molecule has 1 aromatic heterocycles. The van der Waals surface area contributed by atoms with Crippen LogP contribution in [0.15, 0.2) is 48.7 Å². The van der Waals surface area contributed by atoms with Gasteiger partial charge in [-0.05, 0) is 76.3 Å². The maximum atomic E-state index is 2.65. The van der Waals surface area contributed by atoms with Gasteiger partial charge in [-0.1, -0.05) is 92.9 Å². The molecule has 0 spiro atoms. The Morgan fingerprint density at radius 2 is 1.30 bits per heavy atom. The Hall–Kier alpha value is -2.15. The Bertz CT molecular complexity index is 1360. The molecule has 0 N–H and O–H groups in total. The first-order chi connectivity index (χ1) is 17.3. The molecule has 3 atom stereocenters. The number of pyridine rings is 1. The van der Waals surface area contributed by atoms with Crippen LogP contribution in [0.1, 0.15) is 124 Å². The van der Waals surface area contributed by atoms with Crippen molar-refractivity contribution in [1.29, 1.82) is 0 Å². The molecular weight excluding hydrogens is 446 g/mol. The average molecular weight is 497 g/mol. The van der Waals surface area contributed by atoms with Crippen LogP contribution in [-0.2, 0) is 21.8 Å². The van der Waals surface area contributed by atoms with E-state index in [1.807, 2.05) is 0 Å². The summed E-state index contributed by atoms with van der Waals surface area (Å²) in [5.74, 6) is 0. The number of unbranched alkanes of at least 4 members (excludes halogenated alkanes) is 2. The minimum Gasteiger partial charge on any atom is -0.192 e. The number of nitrogens with zero attached hydrogens (tertiary/aromatic N) is 1. The van der Waals surface area contributed by atoms with Crippen molar-refractivity contribution >= 4 is 10.8 Å². The Morgan fingerprint density at radius 1 is 0.676 bits per heavy atom. The van der Waals surface area contributed by atoms with Crippen molar-refractivity contribution < 1.29 is 4.57 Å². The lowest BCUT2D eigenvalue weighted by atomic mass is 9.56. The van der Waals surface area contributed by atoms with Crippen molar-refractivity contribution in [3.8, 4) is 11.3 Å². The van der Waals surface area contributed by atoms with E-state index in [-0.39, 0.29) is 27.2 Å². The summed E-state index contributed by atoms with van der Waals surface area (Å²) in [4.78, 5) is 0. The third kappa shape index (κ3) is 3.18. The largest absolute Gasteiger partial charge is 0.213 e. The number of fused-ring (bicyclic) bond motifs is 5. The van der Waals surface area contributed by atoms with Gasteiger partial charge in [0, 0.05) is 24.8 Å². The maximum absolute atomic E-state index is 2.65. The van der Waals surface area contributed by atoms with Gasteiger partial charge in [0.05, 0.1) is 11.0 Å². The fourth-order valence-electron chi connectivity index (χ4n) is 8.55. The molecule has 1 heteroatoms. The molecule has 1 nitrogen and oxygen atoms in total. The molecule has 0 fully saturated rings. The van der Waals surface area contributed by atoms with Crippen LogP contribution < -0.4 is 4.57 Å². The third-order valence-corrected chi connectivity index (χ3v) is 12.3. The van der Waals surface area contributed by atoms with Gasteiger partial charge in [0.1, 0.15) is 0 Å². The fraction of sp³-hybridized carbons (Fsp3) is 0.583. The highest BCUT2D eigenvalue weighted by atomic mass is 15.1. The number of hydrogen-bond donors (Lipinski definition) is 0. The highest BCUT2D eigenvalue weighted by Gasteiger charge is 2.60. The van der Waals surface area contributed by atoms with Crippen molar-refractivity contribution in [3.05, 3.63) is 65.4 Å². The lowest BCUT2D eigenvalue weighted by Gasteiger charge is -2.48. The van der Waals surface area contributed by atoms with Gasteiger partial charge in [-0.15, -0.1) is 0 Å². The van der Waals surface area contributed by atoms with E-state index in [1.54, 1.807) is 11.1 Å².